The summed E-state index contributed by atoms with van der Waals surface area (Å²) in [7, 11) is -0.605. The lowest BCUT2D eigenvalue weighted by Crippen LogP contribution is -2.50. The first-order valence-corrected chi connectivity index (χ1v) is 13.0. The number of carbonyl (C=O) groups excluding carboxylic acids is 2. The highest BCUT2D eigenvalue weighted by Crippen LogP contribution is 2.22. The number of rotatable bonds is 6. The molecule has 2 amide bonds. The zero-order valence-electron chi connectivity index (χ0n) is 21.7. The van der Waals surface area contributed by atoms with Gasteiger partial charge in [-0.05, 0) is 35.7 Å². The second kappa shape index (κ2) is 10.5. The van der Waals surface area contributed by atoms with Gasteiger partial charge in [-0.3, -0.25) is 19.0 Å². The maximum absolute atomic E-state index is 13.5. The summed E-state index contributed by atoms with van der Waals surface area (Å²) in [5, 5.41) is 3.93. The molecule has 3 aromatic rings. The molecule has 2 aliphatic rings. The molecule has 0 atom stereocenters. The lowest BCUT2D eigenvalue weighted by atomic mass is 9.76. The molecule has 0 aliphatic carbocycles. The molecule has 2 fully saturated rings. The van der Waals surface area contributed by atoms with Crippen LogP contribution in [0.2, 0.25) is 5.02 Å². The van der Waals surface area contributed by atoms with Gasteiger partial charge in [0.25, 0.3) is 11.5 Å². The molecule has 0 unspecified atom stereocenters. The minimum absolute atomic E-state index is 0.0678. The third-order valence-corrected chi connectivity index (χ3v) is 7.04. The minimum atomic E-state index is -0.605. The Morgan fingerprint density at radius 1 is 1.16 bits per heavy atom. The number of aromatic nitrogens is 2. The van der Waals surface area contributed by atoms with Crippen molar-refractivity contribution in [3.05, 3.63) is 69.1 Å². The van der Waals surface area contributed by atoms with Gasteiger partial charge in [0, 0.05) is 60.3 Å². The number of amides is 2. The molecule has 0 saturated carbocycles. The Kier molecular flexibility index (Phi) is 7.31. The number of benzene rings is 1. The van der Waals surface area contributed by atoms with Crippen molar-refractivity contribution in [1.82, 2.24) is 19.8 Å². The van der Waals surface area contributed by atoms with Crippen molar-refractivity contribution in [3.8, 4) is 0 Å². The van der Waals surface area contributed by atoms with Gasteiger partial charge in [-0.2, -0.15) is 0 Å². The van der Waals surface area contributed by atoms with E-state index >= 15 is 0 Å². The van der Waals surface area contributed by atoms with Crippen LogP contribution in [0.3, 0.4) is 0 Å². The van der Waals surface area contributed by atoms with Crippen LogP contribution in [0, 0.1) is 11.3 Å². The SMILES string of the molecule is CC1CN(C(=O)Cn2c(=O)c(C(=O)NCc3ccc(Cl)cc3)cc3cc(B4OCC(C)(C)CO4)cnc32)C1. The molecule has 5 rings (SSSR count). The summed E-state index contributed by atoms with van der Waals surface area (Å²) in [5.41, 5.74) is 1.11. The lowest BCUT2D eigenvalue weighted by Gasteiger charge is -2.37. The van der Waals surface area contributed by atoms with Crippen LogP contribution in [0.25, 0.3) is 11.0 Å². The maximum atomic E-state index is 13.5. The minimum Gasteiger partial charge on any atom is -0.407 e. The molecule has 0 bridgehead atoms. The molecule has 4 heterocycles. The standard InChI is InChI=1S/C27H30BClN4O5/c1-17-12-32(13-17)23(34)14-33-24-19(8-20(11-30-24)28-37-15-27(2,3)16-38-28)9-22(26(33)36)25(35)31-10-18-4-6-21(29)7-5-18/h4-9,11,17H,10,12-16H2,1-3H3,(H,31,35). The van der Waals surface area contributed by atoms with Gasteiger partial charge in [0.15, 0.2) is 0 Å². The van der Waals surface area contributed by atoms with E-state index < -0.39 is 18.6 Å². The monoisotopic (exact) mass is 536 g/mol. The van der Waals surface area contributed by atoms with E-state index in [1.165, 1.54) is 10.6 Å². The predicted octanol–water partition coefficient (Wildman–Crippen LogP) is 2.23. The average Bonchev–Trinajstić information content (AvgIpc) is 2.87. The number of hydrogen-bond donors (Lipinski definition) is 1. The summed E-state index contributed by atoms with van der Waals surface area (Å²) in [6.45, 7) is 8.56. The number of nitrogens with one attached hydrogen (secondary N) is 1. The Bertz CT molecular complexity index is 1430. The van der Waals surface area contributed by atoms with Crippen LogP contribution in [-0.4, -0.2) is 59.7 Å². The molecule has 0 radical (unpaired) electrons. The molecule has 2 aromatic heterocycles. The molecule has 11 heteroatoms. The average molecular weight is 537 g/mol. The van der Waals surface area contributed by atoms with E-state index in [2.05, 4.69) is 31.1 Å². The fourth-order valence-corrected chi connectivity index (χ4v) is 4.75. The predicted molar refractivity (Wildman–Crippen MR) is 145 cm³/mol. The van der Waals surface area contributed by atoms with Crippen molar-refractivity contribution in [2.45, 2.75) is 33.9 Å². The largest absolute Gasteiger partial charge is 0.495 e. The molecule has 1 aromatic carbocycles. The van der Waals surface area contributed by atoms with E-state index in [0.29, 0.717) is 53.7 Å². The fourth-order valence-electron chi connectivity index (χ4n) is 4.62. The van der Waals surface area contributed by atoms with Gasteiger partial charge in [-0.15, -0.1) is 0 Å². The van der Waals surface area contributed by atoms with Gasteiger partial charge >= 0.3 is 7.12 Å². The molecule has 0 spiro atoms. The van der Waals surface area contributed by atoms with E-state index in [9.17, 15) is 14.4 Å². The van der Waals surface area contributed by atoms with Gasteiger partial charge < -0.3 is 19.5 Å². The van der Waals surface area contributed by atoms with Crippen molar-refractivity contribution in [2.75, 3.05) is 26.3 Å². The number of carbonyl (C=O) groups is 2. The summed E-state index contributed by atoms with van der Waals surface area (Å²) < 4.78 is 13.1. The zero-order chi connectivity index (χ0) is 27.0. The van der Waals surface area contributed by atoms with Crippen molar-refractivity contribution in [1.29, 1.82) is 0 Å². The van der Waals surface area contributed by atoms with E-state index in [4.69, 9.17) is 20.9 Å². The van der Waals surface area contributed by atoms with Crippen LogP contribution < -0.4 is 16.3 Å². The van der Waals surface area contributed by atoms with Crippen molar-refractivity contribution in [3.63, 3.8) is 0 Å². The smallest absolute Gasteiger partial charge is 0.407 e. The number of nitrogens with zero attached hydrogens (tertiary/aromatic N) is 3. The van der Waals surface area contributed by atoms with Crippen LogP contribution in [0.15, 0.2) is 47.4 Å². The van der Waals surface area contributed by atoms with Crippen LogP contribution in [-0.2, 0) is 27.2 Å². The molecular weight excluding hydrogens is 507 g/mol. The van der Waals surface area contributed by atoms with E-state index in [-0.39, 0.29) is 30.0 Å². The molecule has 9 nitrogen and oxygen atoms in total. The Labute approximate surface area is 226 Å². The summed E-state index contributed by atoms with van der Waals surface area (Å²) in [5.74, 6) is -0.293. The molecule has 38 heavy (non-hydrogen) atoms. The van der Waals surface area contributed by atoms with Gasteiger partial charge in [0.2, 0.25) is 5.91 Å². The normalized spacial score (nSPS) is 17.4. The highest BCUT2D eigenvalue weighted by molar-refractivity contribution is 6.61. The number of pyridine rings is 2. The number of hydrogen-bond acceptors (Lipinski definition) is 6. The Hall–Kier alpha value is -3.21. The maximum Gasteiger partial charge on any atom is 0.495 e. The van der Waals surface area contributed by atoms with Crippen molar-refractivity contribution in [2.24, 2.45) is 11.3 Å². The van der Waals surface area contributed by atoms with Crippen LogP contribution in [0.5, 0.6) is 0 Å². The quantitative estimate of drug-likeness (QED) is 0.485. The Morgan fingerprint density at radius 2 is 1.84 bits per heavy atom. The second-order valence-corrected chi connectivity index (χ2v) is 11.4. The second-order valence-electron chi connectivity index (χ2n) is 11.0. The highest BCUT2D eigenvalue weighted by Gasteiger charge is 2.34. The first-order valence-electron chi connectivity index (χ1n) is 12.7. The van der Waals surface area contributed by atoms with Gasteiger partial charge in [-0.1, -0.05) is 44.5 Å². The first-order chi connectivity index (χ1) is 18.1. The Morgan fingerprint density at radius 3 is 2.50 bits per heavy atom. The zero-order valence-corrected chi connectivity index (χ0v) is 22.5. The molecule has 1 N–H and O–H groups in total. The molecule has 198 valence electrons. The molecule has 2 saturated heterocycles. The van der Waals surface area contributed by atoms with Crippen LogP contribution >= 0.6 is 11.6 Å². The van der Waals surface area contributed by atoms with E-state index in [1.807, 2.05) is 0 Å². The topological polar surface area (TPSA) is 103 Å². The summed E-state index contributed by atoms with van der Waals surface area (Å²) in [4.78, 5) is 45.8. The van der Waals surface area contributed by atoms with Gasteiger partial charge in [0.05, 0.1) is 0 Å². The van der Waals surface area contributed by atoms with Gasteiger partial charge in [-0.25, -0.2) is 4.98 Å². The molecular formula is C27H30BClN4O5. The summed E-state index contributed by atoms with van der Waals surface area (Å²) in [6, 6.07) is 10.4. The van der Waals surface area contributed by atoms with Crippen LogP contribution in [0.1, 0.15) is 36.7 Å². The number of likely N-dealkylation sites (tertiary alicyclic amines) is 1. The van der Waals surface area contributed by atoms with Crippen molar-refractivity contribution < 1.29 is 18.9 Å². The van der Waals surface area contributed by atoms with E-state index in [0.717, 1.165) is 5.56 Å². The van der Waals surface area contributed by atoms with Gasteiger partial charge in [0.1, 0.15) is 17.8 Å². The highest BCUT2D eigenvalue weighted by atomic mass is 35.5. The number of fused-ring (bicyclic) bond motifs is 1. The number of halogens is 1. The molecule has 2 aliphatic heterocycles. The third-order valence-electron chi connectivity index (χ3n) is 6.79. The third kappa shape index (κ3) is 5.62. The van der Waals surface area contributed by atoms with Crippen molar-refractivity contribution >= 4 is 47.0 Å². The lowest BCUT2D eigenvalue weighted by molar-refractivity contribution is -0.137. The van der Waals surface area contributed by atoms with Crippen LogP contribution in [0.4, 0.5) is 0 Å². The first kappa shape index (κ1) is 26.4. The van der Waals surface area contributed by atoms with E-state index in [1.54, 1.807) is 41.4 Å². The Balaban J connectivity index is 1.47. The summed E-state index contributed by atoms with van der Waals surface area (Å²) in [6.07, 6.45) is 1.59. The summed E-state index contributed by atoms with van der Waals surface area (Å²) >= 11 is 5.95. The fraction of sp³-hybridized carbons (Fsp3) is 0.407.